The van der Waals surface area contributed by atoms with E-state index in [-0.39, 0.29) is 5.82 Å². The maximum Gasteiger partial charge on any atom is 0.378 e. The molecule has 0 aliphatic heterocycles. The molecular weight excluding hydrogens is 334 g/mol. The van der Waals surface area contributed by atoms with Gasteiger partial charge >= 0.3 is 5.97 Å². The van der Waals surface area contributed by atoms with Crippen LogP contribution in [0, 0.1) is 27.7 Å². The Morgan fingerprint density at radius 2 is 1.88 bits per heavy atom. The van der Waals surface area contributed by atoms with Crippen molar-refractivity contribution in [2.75, 3.05) is 11.9 Å². The van der Waals surface area contributed by atoms with Gasteiger partial charge in [0.25, 0.3) is 17.5 Å². The van der Waals surface area contributed by atoms with Crippen LogP contribution in [0.2, 0.25) is 0 Å². The quantitative estimate of drug-likeness (QED) is 0.722. The second-order valence-corrected chi connectivity index (χ2v) is 6.13. The minimum atomic E-state index is -0.774. The number of ether oxygens (including phenoxy) is 1. The van der Waals surface area contributed by atoms with E-state index in [2.05, 4.69) is 20.4 Å². The van der Waals surface area contributed by atoms with Crippen molar-refractivity contribution in [3.8, 4) is 0 Å². The first kappa shape index (κ1) is 17.5. The molecular formula is C18H19N5O3. The fourth-order valence-electron chi connectivity index (χ4n) is 2.51. The fourth-order valence-corrected chi connectivity index (χ4v) is 2.51. The Hall–Kier alpha value is -3.29. The van der Waals surface area contributed by atoms with E-state index in [1.165, 1.54) is 4.52 Å². The van der Waals surface area contributed by atoms with Crippen LogP contribution in [0.1, 0.15) is 33.1 Å². The Labute approximate surface area is 150 Å². The van der Waals surface area contributed by atoms with Crippen molar-refractivity contribution in [2.45, 2.75) is 27.7 Å². The van der Waals surface area contributed by atoms with Crippen molar-refractivity contribution < 1.29 is 14.3 Å². The molecule has 8 nitrogen and oxygen atoms in total. The lowest BCUT2D eigenvalue weighted by atomic mass is 10.1. The predicted molar refractivity (Wildman–Crippen MR) is 95.1 cm³/mol. The van der Waals surface area contributed by atoms with Gasteiger partial charge in [0.1, 0.15) is 0 Å². The highest BCUT2D eigenvalue weighted by Crippen LogP contribution is 2.16. The molecule has 26 heavy (non-hydrogen) atoms. The summed E-state index contributed by atoms with van der Waals surface area (Å²) in [7, 11) is 0. The van der Waals surface area contributed by atoms with Gasteiger partial charge in [0, 0.05) is 17.1 Å². The third-order valence-corrected chi connectivity index (χ3v) is 3.80. The van der Waals surface area contributed by atoms with Crippen LogP contribution in [0.5, 0.6) is 0 Å². The normalized spacial score (nSPS) is 10.8. The molecule has 0 unspecified atom stereocenters. The van der Waals surface area contributed by atoms with Gasteiger partial charge in [0.05, 0.1) is 0 Å². The molecule has 1 N–H and O–H groups in total. The monoisotopic (exact) mass is 353 g/mol. The van der Waals surface area contributed by atoms with E-state index in [0.717, 1.165) is 22.5 Å². The Morgan fingerprint density at radius 3 is 2.65 bits per heavy atom. The van der Waals surface area contributed by atoms with Crippen molar-refractivity contribution in [3.63, 3.8) is 0 Å². The number of aromatic nitrogens is 4. The summed E-state index contributed by atoms with van der Waals surface area (Å²) in [6.45, 7) is 7.06. The van der Waals surface area contributed by atoms with Gasteiger partial charge in [0.2, 0.25) is 0 Å². The molecule has 0 aliphatic carbocycles. The minimum Gasteiger partial charge on any atom is -0.450 e. The van der Waals surface area contributed by atoms with Gasteiger partial charge in [0.15, 0.2) is 6.61 Å². The van der Waals surface area contributed by atoms with Gasteiger partial charge in [-0.15, -0.1) is 5.10 Å². The molecule has 0 bridgehead atoms. The third-order valence-electron chi connectivity index (χ3n) is 3.80. The number of hydrogen-bond acceptors (Lipinski definition) is 6. The molecule has 0 spiro atoms. The van der Waals surface area contributed by atoms with Crippen molar-refractivity contribution in [3.05, 3.63) is 52.6 Å². The number of rotatable bonds is 4. The lowest BCUT2D eigenvalue weighted by molar-refractivity contribution is -0.119. The molecule has 134 valence electrons. The SMILES string of the molecule is Cc1ccc(C)c(NC(=O)COC(=O)c2nc3nc(C)cc(C)n3n2)c1. The largest absolute Gasteiger partial charge is 0.450 e. The van der Waals surface area contributed by atoms with Crippen LogP contribution >= 0.6 is 0 Å². The number of carbonyl (C=O) groups excluding carboxylic acids is 2. The van der Waals surface area contributed by atoms with Crippen molar-refractivity contribution in [1.29, 1.82) is 0 Å². The van der Waals surface area contributed by atoms with E-state index in [4.69, 9.17) is 4.74 Å². The Kier molecular flexibility index (Phi) is 4.66. The first-order valence-corrected chi connectivity index (χ1v) is 8.09. The Bertz CT molecular complexity index is 1010. The zero-order chi connectivity index (χ0) is 18.8. The van der Waals surface area contributed by atoms with E-state index in [1.54, 1.807) is 0 Å². The molecule has 0 saturated carbocycles. The zero-order valence-electron chi connectivity index (χ0n) is 15.0. The van der Waals surface area contributed by atoms with Gasteiger partial charge in [-0.05, 0) is 51.0 Å². The number of hydrogen-bond donors (Lipinski definition) is 1. The summed E-state index contributed by atoms with van der Waals surface area (Å²) in [6.07, 6.45) is 0. The summed E-state index contributed by atoms with van der Waals surface area (Å²) in [5, 5.41) is 6.80. The Balaban J connectivity index is 1.66. The van der Waals surface area contributed by atoms with Crippen LogP contribution in [0.25, 0.3) is 5.78 Å². The van der Waals surface area contributed by atoms with E-state index in [9.17, 15) is 9.59 Å². The third kappa shape index (κ3) is 3.69. The average molecular weight is 353 g/mol. The molecule has 2 heterocycles. The number of nitrogens with one attached hydrogen (secondary N) is 1. The lowest BCUT2D eigenvalue weighted by Crippen LogP contribution is -2.22. The molecule has 0 saturated heterocycles. The first-order valence-electron chi connectivity index (χ1n) is 8.09. The van der Waals surface area contributed by atoms with E-state index >= 15 is 0 Å². The van der Waals surface area contributed by atoms with Gasteiger partial charge in [-0.3, -0.25) is 4.79 Å². The van der Waals surface area contributed by atoms with Gasteiger partial charge in [-0.1, -0.05) is 12.1 Å². The molecule has 1 aromatic carbocycles. The van der Waals surface area contributed by atoms with Gasteiger partial charge in [-0.25, -0.2) is 14.3 Å². The lowest BCUT2D eigenvalue weighted by Gasteiger charge is -2.09. The fraction of sp³-hybridized carbons (Fsp3) is 0.278. The number of anilines is 1. The van der Waals surface area contributed by atoms with E-state index in [1.807, 2.05) is 52.0 Å². The molecule has 3 aromatic rings. The number of aryl methyl sites for hydroxylation is 4. The van der Waals surface area contributed by atoms with Crippen LogP contribution < -0.4 is 5.32 Å². The minimum absolute atomic E-state index is 0.134. The van der Waals surface area contributed by atoms with Crippen LogP contribution in [-0.4, -0.2) is 38.1 Å². The number of esters is 1. The van der Waals surface area contributed by atoms with Gasteiger partial charge < -0.3 is 10.1 Å². The molecule has 0 fully saturated rings. The molecule has 8 heteroatoms. The summed E-state index contributed by atoms with van der Waals surface area (Å²) < 4.78 is 6.47. The Morgan fingerprint density at radius 1 is 1.12 bits per heavy atom. The zero-order valence-corrected chi connectivity index (χ0v) is 15.0. The van der Waals surface area contributed by atoms with Gasteiger partial charge in [-0.2, -0.15) is 4.98 Å². The topological polar surface area (TPSA) is 98.5 Å². The van der Waals surface area contributed by atoms with E-state index < -0.39 is 18.5 Å². The second-order valence-electron chi connectivity index (χ2n) is 6.13. The summed E-state index contributed by atoms with van der Waals surface area (Å²) in [5.41, 5.74) is 4.21. The average Bonchev–Trinajstić information content (AvgIpc) is 3.00. The standard InChI is InChI=1S/C18H19N5O3/c1-10-5-6-11(2)14(7-10)20-15(24)9-26-17(25)16-21-18-19-12(3)8-13(4)23(18)22-16/h5-8H,9H2,1-4H3,(H,20,24). The molecule has 0 aliphatic rings. The van der Waals surface area contributed by atoms with Crippen LogP contribution in [0.15, 0.2) is 24.3 Å². The predicted octanol–water partition coefficient (Wildman–Crippen LogP) is 2.15. The highest BCUT2D eigenvalue weighted by Gasteiger charge is 2.18. The van der Waals surface area contributed by atoms with Crippen LogP contribution in [-0.2, 0) is 9.53 Å². The molecule has 0 radical (unpaired) electrons. The highest BCUT2D eigenvalue weighted by atomic mass is 16.5. The second kappa shape index (κ2) is 6.91. The number of fused-ring (bicyclic) bond motifs is 1. The smallest absolute Gasteiger partial charge is 0.378 e. The van der Waals surface area contributed by atoms with Crippen molar-refractivity contribution in [2.24, 2.45) is 0 Å². The summed E-state index contributed by atoms with van der Waals surface area (Å²) in [6, 6.07) is 7.55. The number of carbonyl (C=O) groups is 2. The maximum absolute atomic E-state index is 12.1. The summed E-state index contributed by atoms with van der Waals surface area (Å²) in [5.74, 6) is -1.02. The molecule has 0 atom stereocenters. The van der Waals surface area contributed by atoms with Crippen LogP contribution in [0.3, 0.4) is 0 Å². The highest BCUT2D eigenvalue weighted by molar-refractivity contribution is 5.95. The number of nitrogens with zero attached hydrogens (tertiary/aromatic N) is 4. The number of benzene rings is 1. The summed E-state index contributed by atoms with van der Waals surface area (Å²) in [4.78, 5) is 32.4. The van der Waals surface area contributed by atoms with E-state index in [0.29, 0.717) is 11.5 Å². The maximum atomic E-state index is 12.1. The van der Waals surface area contributed by atoms with Crippen molar-refractivity contribution in [1.82, 2.24) is 19.6 Å². The molecule has 3 rings (SSSR count). The molecule has 2 aromatic heterocycles. The first-order chi connectivity index (χ1) is 12.3. The summed E-state index contributed by atoms with van der Waals surface area (Å²) >= 11 is 0. The van der Waals surface area contributed by atoms with Crippen molar-refractivity contribution >= 4 is 23.3 Å². The van der Waals surface area contributed by atoms with Crippen LogP contribution in [0.4, 0.5) is 5.69 Å². The molecule has 1 amide bonds. The number of amides is 1.